The molecule has 138 valence electrons. The Balaban J connectivity index is 1.46. The minimum absolute atomic E-state index is 0.273. The Bertz CT molecular complexity index is 928. The molecule has 0 spiro atoms. The summed E-state index contributed by atoms with van der Waals surface area (Å²) in [5.41, 5.74) is 4.03. The molecule has 0 amide bonds. The van der Waals surface area contributed by atoms with E-state index in [2.05, 4.69) is 37.5 Å². The summed E-state index contributed by atoms with van der Waals surface area (Å²) < 4.78 is 5.77. The van der Waals surface area contributed by atoms with E-state index in [0.29, 0.717) is 0 Å². The molecule has 27 heavy (non-hydrogen) atoms. The normalized spacial score (nSPS) is 13.6. The van der Waals surface area contributed by atoms with Gasteiger partial charge in [0.25, 0.3) is 0 Å². The zero-order valence-electron chi connectivity index (χ0n) is 15.4. The Hall–Kier alpha value is -3.22. The fraction of sp³-hybridized carbons (Fsp3) is 0.300. The minimum atomic E-state index is 0.273. The van der Waals surface area contributed by atoms with Crippen LogP contribution in [-0.2, 0) is 6.42 Å². The molecule has 1 aliphatic heterocycles. The smallest absolute Gasteiger partial charge is 0.144 e. The van der Waals surface area contributed by atoms with Crippen LogP contribution < -0.4 is 15.4 Å². The van der Waals surface area contributed by atoms with Crippen LogP contribution in [0.25, 0.3) is 11.3 Å². The van der Waals surface area contributed by atoms with Crippen LogP contribution >= 0.6 is 0 Å². The highest BCUT2D eigenvalue weighted by molar-refractivity contribution is 5.62. The first-order valence-corrected chi connectivity index (χ1v) is 9.05. The molecule has 7 heteroatoms. The summed E-state index contributed by atoms with van der Waals surface area (Å²) in [7, 11) is 1.85. The summed E-state index contributed by atoms with van der Waals surface area (Å²) in [6.45, 7) is 3.63. The lowest BCUT2D eigenvalue weighted by molar-refractivity contribution is 0.352. The van der Waals surface area contributed by atoms with Gasteiger partial charge in [0.2, 0.25) is 0 Å². The van der Waals surface area contributed by atoms with E-state index in [0.717, 1.165) is 53.9 Å². The highest BCUT2D eigenvalue weighted by Gasteiger charge is 2.20. The second-order valence-corrected chi connectivity index (χ2v) is 6.53. The Morgan fingerprint density at radius 1 is 1.11 bits per heavy atom. The molecule has 3 aromatic rings. The third-order valence-corrected chi connectivity index (χ3v) is 4.70. The SMILES string of the molecule is CNc1ccc(-c2cc(NC[C@@H](C)c3ccnc4c3OCC4)ncn2)cn1. The van der Waals surface area contributed by atoms with Gasteiger partial charge >= 0.3 is 0 Å². The zero-order valence-corrected chi connectivity index (χ0v) is 15.4. The zero-order chi connectivity index (χ0) is 18.6. The van der Waals surface area contributed by atoms with Crippen molar-refractivity contribution >= 4 is 11.6 Å². The van der Waals surface area contributed by atoms with Gasteiger partial charge in [0.15, 0.2) is 0 Å². The standard InChI is InChI=1S/C20H22N6O/c1-13(15-5-7-22-16-6-8-27-20(15)16)10-23-19-9-17(25-12-26-19)14-3-4-18(21-2)24-11-14/h3-5,7,9,11-13H,6,8,10H2,1-2H3,(H,21,24)(H,23,25,26)/t13-/m1/s1. The highest BCUT2D eigenvalue weighted by atomic mass is 16.5. The molecule has 0 saturated heterocycles. The average molecular weight is 362 g/mol. The first-order chi connectivity index (χ1) is 13.2. The van der Waals surface area contributed by atoms with E-state index in [9.17, 15) is 0 Å². The molecular formula is C20H22N6O. The maximum Gasteiger partial charge on any atom is 0.144 e. The van der Waals surface area contributed by atoms with E-state index in [-0.39, 0.29) is 5.92 Å². The molecule has 0 radical (unpaired) electrons. The van der Waals surface area contributed by atoms with Crippen LogP contribution in [0.4, 0.5) is 11.6 Å². The fourth-order valence-corrected chi connectivity index (χ4v) is 3.16. The van der Waals surface area contributed by atoms with Crippen LogP contribution in [0.15, 0.2) is 43.0 Å². The molecule has 0 fully saturated rings. The van der Waals surface area contributed by atoms with Crippen molar-refractivity contribution in [1.82, 2.24) is 19.9 Å². The lowest BCUT2D eigenvalue weighted by atomic mass is 10.00. The van der Waals surface area contributed by atoms with Crippen molar-refractivity contribution in [3.05, 3.63) is 54.2 Å². The minimum Gasteiger partial charge on any atom is -0.491 e. The Labute approximate surface area is 158 Å². The molecule has 4 rings (SSSR count). The Morgan fingerprint density at radius 2 is 2.04 bits per heavy atom. The van der Waals surface area contributed by atoms with Crippen LogP contribution in [0.3, 0.4) is 0 Å². The van der Waals surface area contributed by atoms with Gasteiger partial charge in [-0.2, -0.15) is 0 Å². The van der Waals surface area contributed by atoms with Crippen molar-refractivity contribution in [1.29, 1.82) is 0 Å². The van der Waals surface area contributed by atoms with Crippen molar-refractivity contribution in [2.45, 2.75) is 19.3 Å². The molecular weight excluding hydrogens is 340 g/mol. The number of fused-ring (bicyclic) bond motifs is 1. The Kier molecular flexibility index (Phi) is 4.82. The van der Waals surface area contributed by atoms with Crippen molar-refractivity contribution in [3.8, 4) is 17.0 Å². The van der Waals surface area contributed by atoms with Gasteiger partial charge in [0, 0.05) is 55.5 Å². The van der Waals surface area contributed by atoms with E-state index in [1.54, 1.807) is 12.5 Å². The molecule has 2 N–H and O–H groups in total. The molecule has 7 nitrogen and oxygen atoms in total. The second kappa shape index (κ2) is 7.57. The molecule has 1 atom stereocenters. The van der Waals surface area contributed by atoms with E-state index < -0.39 is 0 Å². The third-order valence-electron chi connectivity index (χ3n) is 4.70. The van der Waals surface area contributed by atoms with Gasteiger partial charge in [-0.1, -0.05) is 6.92 Å². The topological polar surface area (TPSA) is 84.9 Å². The largest absolute Gasteiger partial charge is 0.491 e. The van der Waals surface area contributed by atoms with Crippen LogP contribution in [-0.4, -0.2) is 40.1 Å². The number of aromatic nitrogens is 4. The lowest BCUT2D eigenvalue weighted by Gasteiger charge is -2.16. The summed E-state index contributed by atoms with van der Waals surface area (Å²) in [5, 5.41) is 6.42. The number of rotatable bonds is 6. The van der Waals surface area contributed by atoms with Gasteiger partial charge in [-0.3, -0.25) is 4.98 Å². The number of nitrogens with one attached hydrogen (secondary N) is 2. The summed E-state index contributed by atoms with van der Waals surface area (Å²) in [6.07, 6.45) is 6.13. The number of hydrogen-bond acceptors (Lipinski definition) is 7. The predicted octanol–water partition coefficient (Wildman–Crippen LogP) is 3.13. The van der Waals surface area contributed by atoms with Crippen LogP contribution in [0.1, 0.15) is 24.1 Å². The first-order valence-electron chi connectivity index (χ1n) is 9.05. The molecule has 0 aromatic carbocycles. The molecule has 0 bridgehead atoms. The molecule has 1 aliphatic rings. The van der Waals surface area contributed by atoms with Gasteiger partial charge in [0.1, 0.15) is 23.7 Å². The van der Waals surface area contributed by atoms with Gasteiger partial charge < -0.3 is 15.4 Å². The Morgan fingerprint density at radius 3 is 2.85 bits per heavy atom. The molecule has 0 unspecified atom stereocenters. The monoisotopic (exact) mass is 362 g/mol. The maximum absolute atomic E-state index is 5.77. The number of anilines is 2. The summed E-state index contributed by atoms with van der Waals surface area (Å²) >= 11 is 0. The molecule has 0 saturated carbocycles. The summed E-state index contributed by atoms with van der Waals surface area (Å²) in [5.74, 6) is 2.84. The van der Waals surface area contributed by atoms with Crippen LogP contribution in [0.2, 0.25) is 0 Å². The van der Waals surface area contributed by atoms with Gasteiger partial charge in [-0.05, 0) is 18.2 Å². The van der Waals surface area contributed by atoms with E-state index in [4.69, 9.17) is 4.74 Å². The van der Waals surface area contributed by atoms with Gasteiger partial charge in [-0.25, -0.2) is 15.0 Å². The van der Waals surface area contributed by atoms with Crippen LogP contribution in [0, 0.1) is 0 Å². The van der Waals surface area contributed by atoms with Gasteiger partial charge in [0.05, 0.1) is 18.0 Å². The lowest BCUT2D eigenvalue weighted by Crippen LogP contribution is -2.12. The summed E-state index contributed by atoms with van der Waals surface area (Å²) in [4.78, 5) is 17.4. The molecule has 4 heterocycles. The third kappa shape index (κ3) is 3.67. The number of nitrogens with zero attached hydrogens (tertiary/aromatic N) is 4. The summed E-state index contributed by atoms with van der Waals surface area (Å²) in [6, 6.07) is 7.90. The van der Waals surface area contributed by atoms with Crippen molar-refractivity contribution < 1.29 is 4.74 Å². The molecule has 3 aromatic heterocycles. The maximum atomic E-state index is 5.77. The molecule has 0 aliphatic carbocycles. The quantitative estimate of drug-likeness (QED) is 0.697. The highest BCUT2D eigenvalue weighted by Crippen LogP contribution is 2.32. The van der Waals surface area contributed by atoms with Crippen LogP contribution in [0.5, 0.6) is 5.75 Å². The number of ether oxygens (including phenoxy) is 1. The van der Waals surface area contributed by atoms with Crippen molar-refractivity contribution in [2.75, 3.05) is 30.8 Å². The number of pyridine rings is 2. The average Bonchev–Trinajstić information content (AvgIpc) is 3.21. The number of hydrogen-bond donors (Lipinski definition) is 2. The van der Waals surface area contributed by atoms with E-state index >= 15 is 0 Å². The van der Waals surface area contributed by atoms with Crippen molar-refractivity contribution in [3.63, 3.8) is 0 Å². The fourth-order valence-electron chi connectivity index (χ4n) is 3.16. The van der Waals surface area contributed by atoms with E-state index in [1.165, 1.54) is 5.56 Å². The predicted molar refractivity (Wildman–Crippen MR) is 105 cm³/mol. The van der Waals surface area contributed by atoms with Crippen molar-refractivity contribution in [2.24, 2.45) is 0 Å². The first kappa shape index (κ1) is 17.2. The van der Waals surface area contributed by atoms with Gasteiger partial charge in [-0.15, -0.1) is 0 Å². The second-order valence-electron chi connectivity index (χ2n) is 6.53. The van der Waals surface area contributed by atoms with E-state index in [1.807, 2.05) is 37.5 Å².